The molecule has 0 aromatic carbocycles. The van der Waals surface area contributed by atoms with Crippen LogP contribution >= 0.6 is 23.1 Å². The topological polar surface area (TPSA) is 49.3 Å². The molecule has 0 radical (unpaired) electrons. The van der Waals surface area contributed by atoms with Gasteiger partial charge < -0.3 is 10.4 Å². The first-order valence-electron chi connectivity index (χ1n) is 5.24. The Bertz CT molecular complexity index is 372. The zero-order chi connectivity index (χ0) is 12.7. The van der Waals surface area contributed by atoms with E-state index < -0.39 is 5.60 Å². The molecule has 5 heteroatoms. The van der Waals surface area contributed by atoms with E-state index in [2.05, 4.69) is 5.32 Å². The highest BCUT2D eigenvalue weighted by atomic mass is 32.2. The zero-order valence-corrected chi connectivity index (χ0v) is 11.6. The van der Waals surface area contributed by atoms with Crippen molar-refractivity contribution in [2.45, 2.75) is 12.5 Å². The Morgan fingerprint density at radius 2 is 2.47 bits per heavy atom. The van der Waals surface area contributed by atoms with Gasteiger partial charge in [-0.2, -0.15) is 11.8 Å². The average Bonchev–Trinajstić information content (AvgIpc) is 2.76. The van der Waals surface area contributed by atoms with Crippen LogP contribution in [0.4, 0.5) is 0 Å². The number of carbonyl (C=O) groups is 1. The summed E-state index contributed by atoms with van der Waals surface area (Å²) >= 11 is 3.13. The van der Waals surface area contributed by atoms with E-state index in [9.17, 15) is 9.90 Å². The first-order valence-corrected chi connectivity index (χ1v) is 7.51. The lowest BCUT2D eigenvalue weighted by Crippen LogP contribution is -2.41. The lowest BCUT2D eigenvalue weighted by Gasteiger charge is -2.21. The number of hydrogen-bond acceptors (Lipinski definition) is 4. The van der Waals surface area contributed by atoms with Crippen molar-refractivity contribution in [3.05, 3.63) is 28.5 Å². The van der Waals surface area contributed by atoms with Gasteiger partial charge in [-0.25, -0.2) is 0 Å². The van der Waals surface area contributed by atoms with Crippen molar-refractivity contribution in [3.8, 4) is 0 Å². The summed E-state index contributed by atoms with van der Waals surface area (Å²) in [7, 11) is 0. The molecule has 3 nitrogen and oxygen atoms in total. The van der Waals surface area contributed by atoms with Crippen molar-refractivity contribution in [1.82, 2.24) is 5.32 Å². The molecule has 1 atom stereocenters. The summed E-state index contributed by atoms with van der Waals surface area (Å²) in [5, 5.41) is 14.5. The van der Waals surface area contributed by atoms with E-state index in [0.717, 1.165) is 4.88 Å². The smallest absolute Gasteiger partial charge is 0.244 e. The second-order valence-electron chi connectivity index (χ2n) is 4.00. The number of thiophene rings is 1. The van der Waals surface area contributed by atoms with Gasteiger partial charge in [-0.3, -0.25) is 4.79 Å². The molecule has 0 fully saturated rings. The third-order valence-electron chi connectivity index (χ3n) is 2.04. The summed E-state index contributed by atoms with van der Waals surface area (Å²) in [5.41, 5.74) is -0.855. The Morgan fingerprint density at radius 1 is 1.71 bits per heavy atom. The Hall–Kier alpha value is -0.780. The van der Waals surface area contributed by atoms with Crippen LogP contribution in [0.2, 0.25) is 0 Å². The van der Waals surface area contributed by atoms with Crippen LogP contribution in [-0.4, -0.2) is 35.2 Å². The van der Waals surface area contributed by atoms with Gasteiger partial charge in [0.15, 0.2) is 0 Å². The maximum atomic E-state index is 11.5. The standard InChI is InChI=1S/C12H17NO2S2/c1-12(15,9-16-2)8-13-11(14)6-5-10-4-3-7-17-10/h3-7,15H,8-9H2,1-2H3,(H,13,14). The van der Waals surface area contributed by atoms with E-state index in [1.807, 2.05) is 23.8 Å². The van der Waals surface area contributed by atoms with E-state index in [1.165, 1.54) is 6.08 Å². The second-order valence-corrected chi connectivity index (χ2v) is 5.84. The Labute approximate surface area is 110 Å². The van der Waals surface area contributed by atoms with Crippen LogP contribution in [0.15, 0.2) is 23.6 Å². The Balaban J connectivity index is 2.35. The maximum absolute atomic E-state index is 11.5. The molecule has 0 aliphatic rings. The van der Waals surface area contributed by atoms with Gasteiger partial charge in [0.2, 0.25) is 5.91 Å². The van der Waals surface area contributed by atoms with Crippen molar-refractivity contribution in [2.24, 2.45) is 0 Å². The quantitative estimate of drug-likeness (QED) is 0.778. The van der Waals surface area contributed by atoms with Crippen LogP contribution < -0.4 is 5.32 Å². The molecule has 1 unspecified atom stereocenters. The highest BCUT2D eigenvalue weighted by molar-refractivity contribution is 7.98. The number of carbonyl (C=O) groups excluding carboxylic acids is 1. The summed E-state index contributed by atoms with van der Waals surface area (Å²) in [5.74, 6) is 0.418. The molecule has 0 bridgehead atoms. The van der Waals surface area contributed by atoms with Crippen LogP contribution in [0.25, 0.3) is 6.08 Å². The van der Waals surface area contributed by atoms with Gasteiger partial charge in [-0.05, 0) is 30.7 Å². The summed E-state index contributed by atoms with van der Waals surface area (Å²) < 4.78 is 0. The van der Waals surface area contributed by atoms with Crippen LogP contribution in [-0.2, 0) is 4.79 Å². The van der Waals surface area contributed by atoms with Crippen molar-refractivity contribution in [2.75, 3.05) is 18.6 Å². The number of amides is 1. The zero-order valence-electron chi connectivity index (χ0n) is 9.97. The first kappa shape index (κ1) is 14.3. The Kier molecular flexibility index (Phi) is 5.74. The molecular weight excluding hydrogens is 254 g/mol. The molecule has 17 heavy (non-hydrogen) atoms. The van der Waals surface area contributed by atoms with Gasteiger partial charge in [0.05, 0.1) is 5.60 Å². The lowest BCUT2D eigenvalue weighted by molar-refractivity contribution is -0.117. The predicted octanol–water partition coefficient (Wildman–Crippen LogP) is 1.99. The molecule has 1 amide bonds. The molecule has 1 heterocycles. The van der Waals surface area contributed by atoms with Gasteiger partial charge in [0.1, 0.15) is 0 Å². The third-order valence-corrected chi connectivity index (χ3v) is 3.79. The summed E-state index contributed by atoms with van der Waals surface area (Å²) in [6, 6.07) is 3.88. The van der Waals surface area contributed by atoms with Gasteiger partial charge in [0, 0.05) is 23.3 Å². The SMILES string of the molecule is CSCC(C)(O)CNC(=O)C=Cc1cccs1. The van der Waals surface area contributed by atoms with Crippen LogP contribution in [0.5, 0.6) is 0 Å². The minimum atomic E-state index is -0.855. The number of hydrogen-bond donors (Lipinski definition) is 2. The predicted molar refractivity (Wildman–Crippen MR) is 75.4 cm³/mol. The molecule has 1 aromatic rings. The normalized spacial score (nSPS) is 14.8. The molecule has 1 rings (SSSR count). The molecule has 0 spiro atoms. The molecule has 0 aliphatic carbocycles. The van der Waals surface area contributed by atoms with Crippen LogP contribution in [0.1, 0.15) is 11.8 Å². The summed E-state index contributed by atoms with van der Waals surface area (Å²) in [6.07, 6.45) is 5.18. The van der Waals surface area contributed by atoms with E-state index in [4.69, 9.17) is 0 Å². The third kappa shape index (κ3) is 5.91. The number of thioether (sulfide) groups is 1. The second kappa shape index (κ2) is 6.83. The molecule has 0 saturated carbocycles. The molecule has 0 saturated heterocycles. The van der Waals surface area contributed by atoms with E-state index in [0.29, 0.717) is 5.75 Å². The molecule has 1 aromatic heterocycles. The van der Waals surface area contributed by atoms with Crippen molar-refractivity contribution in [3.63, 3.8) is 0 Å². The number of rotatable bonds is 6. The minimum Gasteiger partial charge on any atom is -0.387 e. The highest BCUT2D eigenvalue weighted by Gasteiger charge is 2.19. The van der Waals surface area contributed by atoms with Gasteiger partial charge in [0.25, 0.3) is 0 Å². The fourth-order valence-corrected chi connectivity index (χ4v) is 2.58. The molecule has 94 valence electrons. The van der Waals surface area contributed by atoms with Crippen molar-refractivity contribution < 1.29 is 9.90 Å². The van der Waals surface area contributed by atoms with Crippen LogP contribution in [0, 0.1) is 0 Å². The monoisotopic (exact) mass is 271 g/mol. The van der Waals surface area contributed by atoms with Gasteiger partial charge in [-0.15, -0.1) is 11.3 Å². The first-order chi connectivity index (χ1) is 8.03. The summed E-state index contributed by atoms with van der Waals surface area (Å²) in [4.78, 5) is 12.5. The minimum absolute atomic E-state index is 0.181. The van der Waals surface area contributed by atoms with E-state index in [-0.39, 0.29) is 12.5 Å². The Morgan fingerprint density at radius 3 is 3.06 bits per heavy atom. The maximum Gasteiger partial charge on any atom is 0.244 e. The van der Waals surface area contributed by atoms with Gasteiger partial charge in [-0.1, -0.05) is 6.07 Å². The fourth-order valence-electron chi connectivity index (χ4n) is 1.24. The molecule has 2 N–H and O–H groups in total. The summed E-state index contributed by atoms with van der Waals surface area (Å²) in [6.45, 7) is 1.98. The largest absolute Gasteiger partial charge is 0.387 e. The molecule has 0 aliphatic heterocycles. The van der Waals surface area contributed by atoms with Crippen molar-refractivity contribution >= 4 is 35.1 Å². The highest BCUT2D eigenvalue weighted by Crippen LogP contribution is 2.10. The number of aliphatic hydroxyl groups is 1. The average molecular weight is 271 g/mol. The number of nitrogens with one attached hydrogen (secondary N) is 1. The lowest BCUT2D eigenvalue weighted by atomic mass is 10.1. The fraction of sp³-hybridized carbons (Fsp3) is 0.417. The van der Waals surface area contributed by atoms with E-state index in [1.54, 1.807) is 36.1 Å². The molecular formula is C12H17NO2S2. The van der Waals surface area contributed by atoms with Crippen LogP contribution in [0.3, 0.4) is 0 Å². The van der Waals surface area contributed by atoms with Crippen molar-refractivity contribution in [1.29, 1.82) is 0 Å². The van der Waals surface area contributed by atoms with Gasteiger partial charge >= 0.3 is 0 Å². The van der Waals surface area contributed by atoms with E-state index >= 15 is 0 Å².